The molecule has 3 amide bonds. The molecule has 0 spiro atoms. The lowest BCUT2D eigenvalue weighted by atomic mass is 9.93. The smallest absolute Gasteiger partial charge is 0.371 e. The predicted molar refractivity (Wildman–Crippen MR) is 236 cm³/mol. The van der Waals surface area contributed by atoms with Crippen LogP contribution in [0.25, 0.3) is 0 Å². The highest BCUT2D eigenvalue weighted by molar-refractivity contribution is 5.84. The Bertz CT molecular complexity index is 2090. The van der Waals surface area contributed by atoms with E-state index in [-0.39, 0.29) is 0 Å². The van der Waals surface area contributed by atoms with Crippen LogP contribution in [0.4, 0.5) is 0 Å². The zero-order valence-corrected chi connectivity index (χ0v) is 41.1. The number of carboxylic acids is 3. The first-order chi connectivity index (χ1) is 36.6. The molecule has 4 saturated heterocycles. The molecular formula is C42H65N3O33. The second kappa shape index (κ2) is 27.7. The summed E-state index contributed by atoms with van der Waals surface area (Å²) < 4.78 is 55.9. The maximum atomic E-state index is 12.9. The van der Waals surface area contributed by atoms with Crippen molar-refractivity contribution in [1.82, 2.24) is 16.0 Å². The number of rotatable bonds is 23. The van der Waals surface area contributed by atoms with E-state index in [1.54, 1.807) is 0 Å². The molecular weight excluding hydrogens is 1070 g/mol. The highest BCUT2D eigenvalue weighted by Gasteiger charge is 2.59. The van der Waals surface area contributed by atoms with Crippen molar-refractivity contribution < 1.29 is 163 Å². The first-order valence-electron chi connectivity index (χ1n) is 23.6. The molecule has 0 aromatic rings. The minimum absolute atomic E-state index is 0.614. The fourth-order valence-corrected chi connectivity index (χ4v) is 8.95. The molecule has 78 heavy (non-hydrogen) atoms. The van der Waals surface area contributed by atoms with Gasteiger partial charge in [-0.25, -0.2) is 14.4 Å². The van der Waals surface area contributed by atoms with E-state index >= 15 is 0 Å². The van der Waals surface area contributed by atoms with Gasteiger partial charge in [-0.2, -0.15) is 0 Å². The second-order valence-corrected chi connectivity index (χ2v) is 18.4. The van der Waals surface area contributed by atoms with Gasteiger partial charge >= 0.3 is 17.9 Å². The van der Waals surface area contributed by atoms with Crippen molar-refractivity contribution in [1.29, 1.82) is 0 Å². The number of carbonyl (C=O) groups is 6. The minimum Gasteiger partial charge on any atom is -0.479 e. The molecule has 0 unspecified atom stereocenters. The van der Waals surface area contributed by atoms with Crippen molar-refractivity contribution in [2.75, 3.05) is 26.4 Å². The summed E-state index contributed by atoms with van der Waals surface area (Å²) >= 11 is 0. The van der Waals surface area contributed by atoms with Crippen LogP contribution in [0, 0.1) is 0 Å². The Kier molecular flexibility index (Phi) is 22.9. The number of nitrogens with one attached hydrogen (secondary N) is 3. The SMILES string of the molecule is CC(=O)N[C@H]1[C@H](O[C@H]2[C@H](O)[C@@H](O)[C@H](O[C@@H]([C@H](O)[C@H](O)CO)[C@H](CO)NC(C)=O)O[C@@H]2C(=O)O)O[C@H](CO)[C@@H](O)[C@@H]1O[C@@H]1O[C@H](C(=O)O)[C@@H](O[C@@H]2O[C@H](CO)[C@@H](O)[C@H](O[C@@H]3OC(C(=O)O)=C[C@H](O)[C@H]3O)[C@H]2NC(C)=O)[C@H](O)[C@H]1O. The fourth-order valence-electron chi connectivity index (χ4n) is 8.95. The molecule has 36 heteroatoms. The average molecular weight is 1140 g/mol. The third-order valence-corrected chi connectivity index (χ3v) is 12.8. The highest BCUT2D eigenvalue weighted by atomic mass is 16.8. The van der Waals surface area contributed by atoms with Gasteiger partial charge in [-0.1, -0.05) is 0 Å². The molecule has 0 radical (unpaired) electrons. The first-order valence-corrected chi connectivity index (χ1v) is 23.6. The van der Waals surface area contributed by atoms with Crippen LogP contribution in [-0.2, 0) is 76.1 Å². The summed E-state index contributed by atoms with van der Waals surface area (Å²) in [6.45, 7) is -1.62. The Balaban J connectivity index is 1.42. The maximum Gasteiger partial charge on any atom is 0.371 e. The molecule has 36 nitrogen and oxygen atoms in total. The Morgan fingerprint density at radius 1 is 0.538 bits per heavy atom. The van der Waals surface area contributed by atoms with Crippen LogP contribution in [0.3, 0.4) is 0 Å². The van der Waals surface area contributed by atoms with Gasteiger partial charge in [-0.15, -0.1) is 0 Å². The van der Waals surface area contributed by atoms with E-state index in [2.05, 4.69) is 16.0 Å². The lowest BCUT2D eigenvalue weighted by molar-refractivity contribution is -0.373. The van der Waals surface area contributed by atoms with Crippen LogP contribution < -0.4 is 16.0 Å². The summed E-state index contributed by atoms with van der Waals surface area (Å²) in [7, 11) is 0. The monoisotopic (exact) mass is 1140 g/mol. The lowest BCUT2D eigenvalue weighted by Crippen LogP contribution is -2.71. The Morgan fingerprint density at radius 2 is 0.974 bits per heavy atom. The van der Waals surface area contributed by atoms with Gasteiger partial charge in [0.25, 0.3) is 0 Å². The molecule has 0 aromatic heterocycles. The van der Waals surface area contributed by atoms with Gasteiger partial charge < -0.3 is 150 Å². The normalized spacial score (nSPS) is 40.7. The van der Waals surface area contributed by atoms with Crippen LogP contribution in [0.15, 0.2) is 11.8 Å². The number of amides is 3. The third kappa shape index (κ3) is 14.7. The zero-order chi connectivity index (χ0) is 58.4. The van der Waals surface area contributed by atoms with Gasteiger partial charge in [0.05, 0.1) is 32.5 Å². The Hall–Kier alpha value is -4.56. The summed E-state index contributed by atoms with van der Waals surface area (Å²) in [5.74, 6) is -9.42. The topological polar surface area (TPSA) is 575 Å². The van der Waals surface area contributed by atoms with Crippen LogP contribution in [-0.4, -0.2) is 314 Å². The molecule has 0 bridgehead atoms. The summed E-state index contributed by atoms with van der Waals surface area (Å²) in [5, 5.41) is 187. The molecule has 20 N–H and O–H groups in total. The lowest BCUT2D eigenvalue weighted by Gasteiger charge is -2.50. The van der Waals surface area contributed by atoms with E-state index in [1.165, 1.54) is 0 Å². The van der Waals surface area contributed by atoms with Crippen molar-refractivity contribution in [3.8, 4) is 0 Å². The van der Waals surface area contributed by atoms with Crippen LogP contribution in [0.5, 0.6) is 0 Å². The quantitative estimate of drug-likeness (QED) is 0.0452. The van der Waals surface area contributed by atoms with Gasteiger partial charge in [-0.05, 0) is 6.08 Å². The minimum atomic E-state index is -2.51. The van der Waals surface area contributed by atoms with Gasteiger partial charge in [0.2, 0.25) is 29.8 Å². The van der Waals surface area contributed by atoms with Gasteiger partial charge in [0.1, 0.15) is 116 Å². The molecule has 5 rings (SSSR count). The molecule has 0 saturated carbocycles. The number of hydrogen-bond donors (Lipinski definition) is 20. The molecule has 446 valence electrons. The van der Waals surface area contributed by atoms with Crippen LogP contribution in [0.2, 0.25) is 0 Å². The maximum absolute atomic E-state index is 12.9. The van der Waals surface area contributed by atoms with E-state index in [0.29, 0.717) is 6.08 Å². The average Bonchev–Trinajstić information content (AvgIpc) is 3.37. The third-order valence-electron chi connectivity index (χ3n) is 12.8. The van der Waals surface area contributed by atoms with Gasteiger partial charge in [0.15, 0.2) is 37.4 Å². The molecule has 0 aliphatic carbocycles. The number of carbonyl (C=O) groups excluding carboxylic acids is 3. The molecule has 0 aromatic carbocycles. The summed E-state index contributed by atoms with van der Waals surface area (Å²) in [6, 6.07) is -5.54. The van der Waals surface area contributed by atoms with Crippen molar-refractivity contribution >= 4 is 35.6 Å². The molecule has 5 heterocycles. The number of ether oxygens (including phenoxy) is 10. The fraction of sp³-hybridized carbons (Fsp3) is 0.810. The highest BCUT2D eigenvalue weighted by Crippen LogP contribution is 2.36. The first kappa shape index (κ1) is 64.3. The summed E-state index contributed by atoms with van der Waals surface area (Å²) in [4.78, 5) is 74.4. The van der Waals surface area contributed by atoms with Gasteiger partial charge in [-0.3, -0.25) is 14.4 Å². The van der Waals surface area contributed by atoms with Crippen molar-refractivity contribution in [3.63, 3.8) is 0 Å². The molecule has 4 fully saturated rings. The summed E-state index contributed by atoms with van der Waals surface area (Å²) in [5.41, 5.74) is 0. The van der Waals surface area contributed by atoms with Crippen molar-refractivity contribution in [3.05, 3.63) is 11.8 Å². The molecule has 5 aliphatic rings. The standard InChI is InChI=1S/C42H65N3O33/c1-9(50)43-12(5-46)28(20(55)14(54)6-47)72-41-26(61)24(59)31(33(77-41)36(65)66)75-39-19(45-11(3)52)30(23(58)17(8-49)71-39)74-42-27(62)25(60)32(34(78-42)37(67)68)76-38-18(44-10(2)51)29(22(57)16(7-48)70-38)73-40-21(56)13(53)4-15(69-40)35(63)64/h4,12-14,16-34,38-42,46-49,53-62H,5-8H2,1-3H3,(H,43,50)(H,44,51)(H,45,52)(H,63,64)(H,65,66)(H,67,68)/t12-,13-,14+,16+,17+,18+,19+,20+,21+,22+,23+,24+,25+,26+,27+,28+,29+,30+,31-,32-,33-,34-,38-,39-,40-,41+,42+/m0/s1. The molecule has 27 atom stereocenters. The number of carboxylic acid groups (broad SMARTS) is 3. The van der Waals surface area contributed by atoms with E-state index in [1.807, 2.05) is 0 Å². The molecule has 5 aliphatic heterocycles. The second-order valence-electron chi connectivity index (χ2n) is 18.4. The Labute approximate surface area is 438 Å². The number of hydrogen-bond acceptors (Lipinski definition) is 30. The number of aliphatic hydroxyl groups is 14. The number of aliphatic carboxylic acids is 3. The number of aliphatic hydroxyl groups excluding tert-OH is 14. The summed E-state index contributed by atoms with van der Waals surface area (Å²) in [6.07, 6.45) is -52.5. The van der Waals surface area contributed by atoms with Crippen LogP contribution in [0.1, 0.15) is 20.8 Å². The predicted octanol–water partition coefficient (Wildman–Crippen LogP) is -12.6. The van der Waals surface area contributed by atoms with E-state index in [9.17, 15) is 116 Å². The Morgan fingerprint density at radius 3 is 1.37 bits per heavy atom. The van der Waals surface area contributed by atoms with Crippen molar-refractivity contribution in [2.45, 2.75) is 186 Å². The van der Waals surface area contributed by atoms with Gasteiger partial charge in [0, 0.05) is 20.8 Å². The van der Waals surface area contributed by atoms with Crippen LogP contribution >= 0.6 is 0 Å². The zero-order valence-electron chi connectivity index (χ0n) is 41.1. The van der Waals surface area contributed by atoms with E-state index in [0.717, 1.165) is 20.8 Å². The van der Waals surface area contributed by atoms with E-state index in [4.69, 9.17) is 47.4 Å². The van der Waals surface area contributed by atoms with Crippen molar-refractivity contribution in [2.24, 2.45) is 0 Å². The van der Waals surface area contributed by atoms with E-state index < -0.39 is 233 Å². The largest absolute Gasteiger partial charge is 0.479 e.